The molecule has 1 aromatic rings. The first-order valence-electron chi connectivity index (χ1n) is 5.39. The highest BCUT2D eigenvalue weighted by molar-refractivity contribution is 5.92. The van der Waals surface area contributed by atoms with Crippen LogP contribution in [0.1, 0.15) is 23.3 Å². The first-order valence-corrected chi connectivity index (χ1v) is 5.39. The number of hydrogen-bond acceptors (Lipinski definition) is 3. The summed E-state index contributed by atoms with van der Waals surface area (Å²) in [4.78, 5) is 13.9. The molecule has 1 saturated heterocycles. The van der Waals surface area contributed by atoms with Crippen LogP contribution in [0.2, 0.25) is 0 Å². The number of amides is 1. The lowest BCUT2D eigenvalue weighted by Gasteiger charge is -2.28. The van der Waals surface area contributed by atoms with Crippen molar-refractivity contribution in [3.8, 4) is 6.07 Å². The van der Waals surface area contributed by atoms with E-state index in [1.807, 2.05) is 0 Å². The van der Waals surface area contributed by atoms with Gasteiger partial charge >= 0.3 is 0 Å². The van der Waals surface area contributed by atoms with Crippen LogP contribution in [-0.2, 0) is 7.05 Å². The van der Waals surface area contributed by atoms with Gasteiger partial charge in [-0.2, -0.15) is 10.4 Å². The van der Waals surface area contributed by atoms with Crippen LogP contribution in [0.25, 0.3) is 0 Å². The van der Waals surface area contributed by atoms with E-state index in [9.17, 15) is 4.79 Å². The quantitative estimate of drug-likeness (QED) is 0.700. The molecule has 0 bridgehead atoms. The Balaban J connectivity index is 2.03. The monoisotopic (exact) mass is 218 g/mol. The van der Waals surface area contributed by atoms with Crippen LogP contribution in [0.3, 0.4) is 0 Å². The number of carbonyl (C=O) groups is 1. The van der Waals surface area contributed by atoms with Crippen LogP contribution in [0.4, 0.5) is 0 Å². The van der Waals surface area contributed by atoms with E-state index in [0.717, 1.165) is 12.8 Å². The van der Waals surface area contributed by atoms with Gasteiger partial charge in [-0.3, -0.25) is 9.48 Å². The van der Waals surface area contributed by atoms with E-state index in [4.69, 9.17) is 5.26 Å². The number of piperidine rings is 1. The predicted octanol–water partition coefficient (Wildman–Crippen LogP) is 0.796. The Hall–Kier alpha value is -1.83. The molecule has 1 fully saturated rings. The van der Waals surface area contributed by atoms with Crippen molar-refractivity contribution in [1.82, 2.24) is 14.7 Å². The highest BCUT2D eigenvalue weighted by atomic mass is 16.2. The van der Waals surface area contributed by atoms with Crippen LogP contribution < -0.4 is 0 Å². The van der Waals surface area contributed by atoms with Crippen molar-refractivity contribution in [1.29, 1.82) is 5.26 Å². The maximum absolute atomic E-state index is 12.1. The minimum absolute atomic E-state index is 0.0105. The Kier molecular flexibility index (Phi) is 2.91. The standard InChI is InChI=1S/C11H14N4O/c1-14-10(2-5-13-14)11(16)15-6-3-9(8-12)4-7-15/h2,5,9H,3-4,6-7H2,1H3. The second-order valence-electron chi connectivity index (χ2n) is 4.04. The normalized spacial score (nSPS) is 17.1. The SMILES string of the molecule is Cn1nccc1C(=O)N1CCC(C#N)CC1. The molecular weight excluding hydrogens is 204 g/mol. The summed E-state index contributed by atoms with van der Waals surface area (Å²) in [6.07, 6.45) is 3.18. The molecule has 16 heavy (non-hydrogen) atoms. The summed E-state index contributed by atoms with van der Waals surface area (Å²) in [5.74, 6) is 0.118. The van der Waals surface area contributed by atoms with Crippen LogP contribution >= 0.6 is 0 Å². The van der Waals surface area contributed by atoms with E-state index in [1.54, 1.807) is 28.9 Å². The summed E-state index contributed by atoms with van der Waals surface area (Å²) in [5, 5.41) is 12.8. The average molecular weight is 218 g/mol. The van der Waals surface area contributed by atoms with Gasteiger partial charge < -0.3 is 4.90 Å². The van der Waals surface area contributed by atoms with Crippen molar-refractivity contribution >= 4 is 5.91 Å². The lowest BCUT2D eigenvalue weighted by molar-refractivity contribution is 0.0696. The molecule has 0 N–H and O–H groups in total. The van der Waals surface area contributed by atoms with Crippen molar-refractivity contribution in [2.75, 3.05) is 13.1 Å². The van der Waals surface area contributed by atoms with E-state index in [-0.39, 0.29) is 11.8 Å². The van der Waals surface area contributed by atoms with Gasteiger partial charge in [0.15, 0.2) is 0 Å². The number of nitriles is 1. The van der Waals surface area contributed by atoms with Crippen LogP contribution in [0, 0.1) is 17.2 Å². The molecule has 0 radical (unpaired) electrons. The first kappa shape index (κ1) is 10.7. The summed E-state index contributed by atoms with van der Waals surface area (Å²) in [7, 11) is 1.76. The third-order valence-electron chi connectivity index (χ3n) is 3.00. The van der Waals surface area contributed by atoms with Crippen LogP contribution in [0.5, 0.6) is 0 Å². The summed E-state index contributed by atoms with van der Waals surface area (Å²) in [6.45, 7) is 1.34. The van der Waals surface area contributed by atoms with Crippen molar-refractivity contribution < 1.29 is 4.79 Å². The maximum Gasteiger partial charge on any atom is 0.272 e. The molecule has 0 atom stereocenters. The Bertz CT molecular complexity index is 423. The van der Waals surface area contributed by atoms with Gasteiger partial charge in [0.1, 0.15) is 5.69 Å². The molecule has 1 amide bonds. The minimum atomic E-state index is 0.0105. The smallest absolute Gasteiger partial charge is 0.272 e. The molecule has 1 aromatic heterocycles. The van der Waals surface area contributed by atoms with Gasteiger partial charge in [0.25, 0.3) is 5.91 Å². The fourth-order valence-electron chi connectivity index (χ4n) is 1.96. The fraction of sp³-hybridized carbons (Fsp3) is 0.545. The average Bonchev–Trinajstić information content (AvgIpc) is 2.75. The Labute approximate surface area is 94.3 Å². The molecule has 1 aliphatic rings. The number of carbonyl (C=O) groups excluding carboxylic acids is 1. The van der Waals surface area contributed by atoms with E-state index < -0.39 is 0 Å². The molecular formula is C11H14N4O. The zero-order valence-corrected chi connectivity index (χ0v) is 9.26. The second kappa shape index (κ2) is 4.35. The van der Waals surface area contributed by atoms with Gasteiger partial charge in [0.05, 0.1) is 6.07 Å². The second-order valence-corrected chi connectivity index (χ2v) is 4.04. The summed E-state index contributed by atoms with van der Waals surface area (Å²) in [5.41, 5.74) is 0.607. The molecule has 2 rings (SSSR count). The highest BCUT2D eigenvalue weighted by Gasteiger charge is 2.24. The molecule has 0 aromatic carbocycles. The third-order valence-corrected chi connectivity index (χ3v) is 3.00. The van der Waals surface area contributed by atoms with E-state index in [2.05, 4.69) is 11.2 Å². The Morgan fingerprint density at radius 2 is 2.25 bits per heavy atom. The molecule has 84 valence electrons. The predicted molar refractivity (Wildman–Crippen MR) is 57.4 cm³/mol. The van der Waals surface area contributed by atoms with Crippen LogP contribution in [-0.4, -0.2) is 33.7 Å². The number of aryl methyl sites for hydroxylation is 1. The van der Waals surface area contributed by atoms with Crippen molar-refractivity contribution in [2.45, 2.75) is 12.8 Å². The van der Waals surface area contributed by atoms with E-state index in [1.165, 1.54) is 0 Å². The molecule has 5 heteroatoms. The molecule has 0 saturated carbocycles. The lowest BCUT2D eigenvalue weighted by atomic mass is 9.98. The number of hydrogen-bond donors (Lipinski definition) is 0. The Morgan fingerprint density at radius 1 is 1.56 bits per heavy atom. The zero-order chi connectivity index (χ0) is 11.5. The molecule has 5 nitrogen and oxygen atoms in total. The van der Waals surface area contributed by atoms with E-state index >= 15 is 0 Å². The molecule has 1 aliphatic heterocycles. The van der Waals surface area contributed by atoms with Crippen LogP contribution in [0.15, 0.2) is 12.3 Å². The molecule has 2 heterocycles. The topological polar surface area (TPSA) is 61.9 Å². The summed E-state index contributed by atoms with van der Waals surface area (Å²) in [6, 6.07) is 3.97. The van der Waals surface area contributed by atoms with Gasteiger partial charge in [-0.15, -0.1) is 0 Å². The number of nitrogens with zero attached hydrogens (tertiary/aromatic N) is 4. The van der Waals surface area contributed by atoms with Gasteiger partial charge in [-0.05, 0) is 18.9 Å². The van der Waals surface area contributed by atoms with Gasteiger partial charge in [0.2, 0.25) is 0 Å². The molecule has 0 spiro atoms. The number of likely N-dealkylation sites (tertiary alicyclic amines) is 1. The summed E-state index contributed by atoms with van der Waals surface area (Å²) >= 11 is 0. The fourth-order valence-corrected chi connectivity index (χ4v) is 1.96. The number of aromatic nitrogens is 2. The van der Waals surface area contributed by atoms with Gasteiger partial charge in [-0.25, -0.2) is 0 Å². The van der Waals surface area contributed by atoms with E-state index in [0.29, 0.717) is 18.8 Å². The first-order chi connectivity index (χ1) is 7.72. The van der Waals surface area contributed by atoms with Crippen molar-refractivity contribution in [3.05, 3.63) is 18.0 Å². The zero-order valence-electron chi connectivity index (χ0n) is 9.26. The largest absolute Gasteiger partial charge is 0.337 e. The molecule has 0 unspecified atom stereocenters. The molecule has 0 aliphatic carbocycles. The number of rotatable bonds is 1. The highest BCUT2D eigenvalue weighted by Crippen LogP contribution is 2.17. The Morgan fingerprint density at radius 3 is 2.75 bits per heavy atom. The van der Waals surface area contributed by atoms with Crippen molar-refractivity contribution in [2.24, 2.45) is 13.0 Å². The lowest BCUT2D eigenvalue weighted by Crippen LogP contribution is -2.39. The minimum Gasteiger partial charge on any atom is -0.337 e. The van der Waals surface area contributed by atoms with Gasteiger partial charge in [-0.1, -0.05) is 0 Å². The van der Waals surface area contributed by atoms with Gasteiger partial charge in [0, 0.05) is 32.3 Å². The summed E-state index contributed by atoms with van der Waals surface area (Å²) < 4.78 is 1.58. The van der Waals surface area contributed by atoms with Crippen molar-refractivity contribution in [3.63, 3.8) is 0 Å². The maximum atomic E-state index is 12.1. The third kappa shape index (κ3) is 1.91.